The number of carbonyl (C=O) groups is 1. The van der Waals surface area contributed by atoms with Crippen LogP contribution in [-0.4, -0.2) is 46.3 Å². The third-order valence-corrected chi connectivity index (χ3v) is 3.86. The SMILES string of the molecule is CC(C)(O)CN1CCCC(=Cc2ccc(C(=O)O)cc2)CC1. The zero-order chi connectivity index (χ0) is 16.2. The zero-order valence-corrected chi connectivity index (χ0v) is 13.4. The normalized spacial score (nSPS) is 19.1. The number of rotatable bonds is 4. The largest absolute Gasteiger partial charge is 0.478 e. The van der Waals surface area contributed by atoms with Crippen molar-refractivity contribution in [3.63, 3.8) is 0 Å². The minimum absolute atomic E-state index is 0.319. The van der Waals surface area contributed by atoms with Crippen molar-refractivity contribution >= 4 is 12.0 Å². The Labute approximate surface area is 132 Å². The Morgan fingerprint density at radius 1 is 1.23 bits per heavy atom. The molecule has 1 aromatic rings. The molecule has 0 spiro atoms. The predicted octanol–water partition coefficient (Wildman–Crippen LogP) is 3.03. The van der Waals surface area contributed by atoms with E-state index in [-0.39, 0.29) is 0 Å². The molecule has 2 rings (SSSR count). The van der Waals surface area contributed by atoms with Gasteiger partial charge < -0.3 is 15.1 Å². The molecule has 120 valence electrons. The molecular weight excluding hydrogens is 278 g/mol. The number of aliphatic hydroxyl groups is 1. The maximum atomic E-state index is 10.9. The summed E-state index contributed by atoms with van der Waals surface area (Å²) >= 11 is 0. The molecule has 0 aromatic heterocycles. The minimum Gasteiger partial charge on any atom is -0.478 e. The Balaban J connectivity index is 1.99. The van der Waals surface area contributed by atoms with Gasteiger partial charge in [-0.15, -0.1) is 0 Å². The summed E-state index contributed by atoms with van der Waals surface area (Å²) in [6, 6.07) is 7.00. The molecule has 1 fully saturated rings. The summed E-state index contributed by atoms with van der Waals surface area (Å²) in [7, 11) is 0. The van der Waals surface area contributed by atoms with Crippen LogP contribution in [0.25, 0.3) is 6.08 Å². The highest BCUT2D eigenvalue weighted by Crippen LogP contribution is 2.21. The summed E-state index contributed by atoms with van der Waals surface area (Å²) in [5.74, 6) is -0.893. The van der Waals surface area contributed by atoms with Crippen LogP contribution < -0.4 is 0 Å². The van der Waals surface area contributed by atoms with Crippen molar-refractivity contribution in [2.75, 3.05) is 19.6 Å². The van der Waals surface area contributed by atoms with Crippen LogP contribution in [0.3, 0.4) is 0 Å². The monoisotopic (exact) mass is 303 g/mol. The summed E-state index contributed by atoms with van der Waals surface area (Å²) in [5, 5.41) is 18.8. The van der Waals surface area contributed by atoms with Gasteiger partial charge in [0.2, 0.25) is 0 Å². The van der Waals surface area contributed by atoms with Gasteiger partial charge in [-0.1, -0.05) is 23.8 Å². The molecule has 0 atom stereocenters. The molecule has 4 nitrogen and oxygen atoms in total. The zero-order valence-electron chi connectivity index (χ0n) is 13.4. The van der Waals surface area contributed by atoms with Gasteiger partial charge in [0, 0.05) is 13.1 Å². The minimum atomic E-state index is -0.893. The topological polar surface area (TPSA) is 60.8 Å². The quantitative estimate of drug-likeness (QED) is 0.897. The highest BCUT2D eigenvalue weighted by molar-refractivity contribution is 5.87. The van der Waals surface area contributed by atoms with E-state index in [0.717, 1.165) is 37.9 Å². The second-order valence-corrected chi connectivity index (χ2v) is 6.67. The van der Waals surface area contributed by atoms with E-state index in [4.69, 9.17) is 5.11 Å². The van der Waals surface area contributed by atoms with Crippen LogP contribution in [-0.2, 0) is 0 Å². The van der Waals surface area contributed by atoms with Crippen LogP contribution in [0, 0.1) is 0 Å². The Morgan fingerprint density at radius 2 is 1.91 bits per heavy atom. The van der Waals surface area contributed by atoms with Gasteiger partial charge in [-0.05, 0) is 57.4 Å². The van der Waals surface area contributed by atoms with Crippen molar-refractivity contribution in [2.24, 2.45) is 0 Å². The number of benzene rings is 1. The molecule has 0 unspecified atom stereocenters. The van der Waals surface area contributed by atoms with E-state index in [1.807, 2.05) is 26.0 Å². The number of carboxylic acids is 1. The summed E-state index contributed by atoms with van der Waals surface area (Å²) in [6.07, 6.45) is 5.31. The Bertz CT molecular complexity index is 540. The lowest BCUT2D eigenvalue weighted by Crippen LogP contribution is -2.39. The molecule has 0 amide bonds. The lowest BCUT2D eigenvalue weighted by Gasteiger charge is -2.27. The second kappa shape index (κ2) is 7.07. The first-order valence-electron chi connectivity index (χ1n) is 7.81. The van der Waals surface area contributed by atoms with E-state index < -0.39 is 11.6 Å². The van der Waals surface area contributed by atoms with Crippen molar-refractivity contribution in [3.8, 4) is 0 Å². The number of hydrogen-bond donors (Lipinski definition) is 2. The average molecular weight is 303 g/mol. The average Bonchev–Trinajstić information content (AvgIpc) is 2.63. The van der Waals surface area contributed by atoms with E-state index in [0.29, 0.717) is 12.1 Å². The molecule has 0 saturated carbocycles. The molecule has 1 heterocycles. The smallest absolute Gasteiger partial charge is 0.335 e. The molecule has 2 N–H and O–H groups in total. The first-order chi connectivity index (χ1) is 10.3. The third kappa shape index (κ3) is 5.28. The van der Waals surface area contributed by atoms with Gasteiger partial charge in [0.1, 0.15) is 0 Å². The standard InChI is InChI=1S/C18H25NO3/c1-18(2,22)13-19-10-3-4-14(9-11-19)12-15-5-7-16(8-6-15)17(20)21/h5-8,12,22H,3-4,9-11,13H2,1-2H3,(H,20,21). The van der Waals surface area contributed by atoms with Gasteiger partial charge in [0.05, 0.1) is 11.2 Å². The van der Waals surface area contributed by atoms with Crippen molar-refractivity contribution in [1.29, 1.82) is 0 Å². The lowest BCUT2D eigenvalue weighted by atomic mass is 10.0. The summed E-state index contributed by atoms with van der Waals surface area (Å²) in [4.78, 5) is 13.2. The van der Waals surface area contributed by atoms with E-state index in [1.165, 1.54) is 5.57 Å². The Kier molecular flexibility index (Phi) is 5.37. The molecule has 0 bridgehead atoms. The Morgan fingerprint density at radius 3 is 2.50 bits per heavy atom. The van der Waals surface area contributed by atoms with E-state index in [1.54, 1.807) is 12.1 Å². The Hall–Kier alpha value is -1.65. The third-order valence-electron chi connectivity index (χ3n) is 3.86. The second-order valence-electron chi connectivity index (χ2n) is 6.67. The fourth-order valence-electron chi connectivity index (χ4n) is 2.88. The molecule has 1 aliphatic rings. The predicted molar refractivity (Wildman–Crippen MR) is 88.0 cm³/mol. The number of nitrogens with zero attached hydrogens (tertiary/aromatic N) is 1. The molecule has 1 saturated heterocycles. The van der Waals surface area contributed by atoms with E-state index >= 15 is 0 Å². The molecule has 0 aliphatic carbocycles. The summed E-state index contributed by atoms with van der Waals surface area (Å²) in [6.45, 7) is 6.37. The molecule has 4 heteroatoms. The molecule has 1 aliphatic heterocycles. The van der Waals surface area contributed by atoms with Crippen LogP contribution in [0.1, 0.15) is 49.0 Å². The van der Waals surface area contributed by atoms with Gasteiger partial charge in [0.25, 0.3) is 0 Å². The van der Waals surface area contributed by atoms with Gasteiger partial charge in [0.15, 0.2) is 0 Å². The van der Waals surface area contributed by atoms with Gasteiger partial charge in [-0.3, -0.25) is 0 Å². The maximum absolute atomic E-state index is 10.9. The molecule has 1 aromatic carbocycles. The van der Waals surface area contributed by atoms with Gasteiger partial charge >= 0.3 is 5.97 Å². The summed E-state index contributed by atoms with van der Waals surface area (Å²) in [5.41, 5.74) is 2.11. The molecule has 22 heavy (non-hydrogen) atoms. The lowest BCUT2D eigenvalue weighted by molar-refractivity contribution is 0.0376. The van der Waals surface area contributed by atoms with Crippen LogP contribution in [0.5, 0.6) is 0 Å². The van der Waals surface area contributed by atoms with Crippen molar-refractivity contribution in [1.82, 2.24) is 4.90 Å². The van der Waals surface area contributed by atoms with Crippen molar-refractivity contribution in [3.05, 3.63) is 41.0 Å². The first kappa shape index (κ1) is 16.7. The first-order valence-corrected chi connectivity index (χ1v) is 7.81. The molecular formula is C18H25NO3. The highest BCUT2D eigenvalue weighted by Gasteiger charge is 2.20. The highest BCUT2D eigenvalue weighted by atomic mass is 16.4. The van der Waals surface area contributed by atoms with Crippen molar-refractivity contribution in [2.45, 2.75) is 38.7 Å². The fourth-order valence-corrected chi connectivity index (χ4v) is 2.88. The van der Waals surface area contributed by atoms with E-state index in [2.05, 4.69) is 11.0 Å². The van der Waals surface area contributed by atoms with Crippen LogP contribution in [0.15, 0.2) is 29.8 Å². The molecule has 0 radical (unpaired) electrons. The fraction of sp³-hybridized carbons (Fsp3) is 0.500. The number of hydrogen-bond acceptors (Lipinski definition) is 3. The number of likely N-dealkylation sites (tertiary alicyclic amines) is 1. The van der Waals surface area contributed by atoms with Gasteiger partial charge in [-0.2, -0.15) is 0 Å². The van der Waals surface area contributed by atoms with E-state index in [9.17, 15) is 9.90 Å². The number of carboxylic acid groups (broad SMARTS) is 1. The van der Waals surface area contributed by atoms with Gasteiger partial charge in [-0.25, -0.2) is 4.79 Å². The summed E-state index contributed by atoms with van der Waals surface area (Å²) < 4.78 is 0. The number of aromatic carboxylic acids is 1. The van der Waals surface area contributed by atoms with Crippen molar-refractivity contribution < 1.29 is 15.0 Å². The van der Waals surface area contributed by atoms with Crippen LogP contribution >= 0.6 is 0 Å². The van der Waals surface area contributed by atoms with Crippen LogP contribution in [0.2, 0.25) is 0 Å². The maximum Gasteiger partial charge on any atom is 0.335 e. The number of β-amino-alcohol motifs (C(OH)–C–C–N with tert-alkyl or cyclic N) is 1. The van der Waals surface area contributed by atoms with Crippen LogP contribution in [0.4, 0.5) is 0 Å².